The first kappa shape index (κ1) is 22.0. The van der Waals surface area contributed by atoms with Crippen LogP contribution in [0.5, 0.6) is 5.75 Å². The molecule has 0 fully saturated rings. The van der Waals surface area contributed by atoms with Crippen molar-refractivity contribution in [2.24, 2.45) is 0 Å². The van der Waals surface area contributed by atoms with Gasteiger partial charge in [-0.1, -0.05) is 11.6 Å². The molecular formula is C22H23ClF2N2O3. The first-order valence-corrected chi connectivity index (χ1v) is 10.3. The highest BCUT2D eigenvalue weighted by Crippen LogP contribution is 2.23. The molecule has 30 heavy (non-hydrogen) atoms. The maximum atomic E-state index is 14.0. The number of carbonyl (C=O) groups is 2. The van der Waals surface area contributed by atoms with Crippen molar-refractivity contribution in [3.63, 3.8) is 0 Å². The molecule has 1 N–H and O–H groups in total. The highest BCUT2D eigenvalue weighted by Gasteiger charge is 2.20. The second-order valence-electron chi connectivity index (χ2n) is 7.08. The molecule has 0 aliphatic carbocycles. The molecule has 3 rings (SSSR count). The number of rotatable bonds is 1. The average Bonchev–Trinajstić information content (AvgIpc) is 2.73. The fourth-order valence-corrected chi connectivity index (χ4v) is 3.44. The van der Waals surface area contributed by atoms with Crippen molar-refractivity contribution in [3.05, 3.63) is 64.2 Å². The summed E-state index contributed by atoms with van der Waals surface area (Å²) in [7, 11) is 0. The summed E-state index contributed by atoms with van der Waals surface area (Å²) in [5.74, 6) is -1.77. The largest absolute Gasteiger partial charge is 0.493 e. The Morgan fingerprint density at radius 2 is 1.80 bits per heavy atom. The number of hydrogen-bond donors (Lipinski definition) is 1. The summed E-state index contributed by atoms with van der Waals surface area (Å²) in [4.78, 5) is 26.8. The van der Waals surface area contributed by atoms with Crippen LogP contribution < -0.4 is 10.1 Å². The van der Waals surface area contributed by atoms with Crippen LogP contribution in [0.1, 0.15) is 46.4 Å². The lowest BCUT2D eigenvalue weighted by molar-refractivity contribution is 0.0740. The van der Waals surface area contributed by atoms with Gasteiger partial charge < -0.3 is 15.0 Å². The summed E-state index contributed by atoms with van der Waals surface area (Å²) in [5.41, 5.74) is 0.115. The van der Waals surface area contributed by atoms with Gasteiger partial charge in [-0.15, -0.1) is 0 Å². The van der Waals surface area contributed by atoms with Crippen molar-refractivity contribution in [3.8, 4) is 5.75 Å². The maximum Gasteiger partial charge on any atom is 0.256 e. The van der Waals surface area contributed by atoms with Crippen molar-refractivity contribution in [1.29, 1.82) is 0 Å². The molecule has 0 aromatic heterocycles. The molecule has 2 amide bonds. The van der Waals surface area contributed by atoms with Gasteiger partial charge in [-0.25, -0.2) is 8.78 Å². The van der Waals surface area contributed by atoms with E-state index in [1.54, 1.807) is 18.2 Å². The molecule has 160 valence electrons. The maximum absolute atomic E-state index is 14.0. The summed E-state index contributed by atoms with van der Waals surface area (Å²) < 4.78 is 33.3. The molecule has 0 unspecified atom stereocenters. The summed E-state index contributed by atoms with van der Waals surface area (Å²) >= 11 is 6.01. The SMILES string of the molecule is O=C1NCCCCN(C(=O)c2cc(F)ccc2F)CCCCOc2ccc(Cl)cc21. The second kappa shape index (κ2) is 10.4. The number of benzene rings is 2. The molecule has 1 aliphatic rings. The quantitative estimate of drug-likeness (QED) is 0.718. The number of nitrogens with zero attached hydrogens (tertiary/aromatic N) is 1. The highest BCUT2D eigenvalue weighted by atomic mass is 35.5. The molecule has 1 aliphatic heterocycles. The van der Waals surface area contributed by atoms with Crippen LogP contribution in [0.25, 0.3) is 0 Å². The van der Waals surface area contributed by atoms with Crippen LogP contribution in [0.3, 0.4) is 0 Å². The predicted molar refractivity (Wildman–Crippen MR) is 110 cm³/mol. The Hall–Kier alpha value is -2.67. The molecule has 2 aromatic carbocycles. The third-order valence-electron chi connectivity index (χ3n) is 4.85. The molecule has 8 heteroatoms. The van der Waals surface area contributed by atoms with E-state index in [1.807, 2.05) is 0 Å². The van der Waals surface area contributed by atoms with Gasteiger partial charge in [0.2, 0.25) is 0 Å². The first-order valence-electron chi connectivity index (χ1n) is 9.90. The van der Waals surface area contributed by atoms with Crippen molar-refractivity contribution in [2.45, 2.75) is 25.7 Å². The minimum Gasteiger partial charge on any atom is -0.493 e. The summed E-state index contributed by atoms with van der Waals surface area (Å²) in [6.45, 7) is 1.53. The topological polar surface area (TPSA) is 58.6 Å². The number of fused-ring (bicyclic) bond motifs is 1. The zero-order valence-electron chi connectivity index (χ0n) is 16.4. The Morgan fingerprint density at radius 3 is 2.60 bits per heavy atom. The number of ether oxygens (including phenoxy) is 1. The zero-order chi connectivity index (χ0) is 21.5. The van der Waals surface area contributed by atoms with Crippen molar-refractivity contribution in [2.75, 3.05) is 26.2 Å². The van der Waals surface area contributed by atoms with E-state index in [-0.39, 0.29) is 11.5 Å². The Bertz CT molecular complexity index is 923. The lowest BCUT2D eigenvalue weighted by atomic mass is 10.1. The second-order valence-corrected chi connectivity index (χ2v) is 7.51. The smallest absolute Gasteiger partial charge is 0.256 e. The number of halogens is 3. The number of carbonyl (C=O) groups excluding carboxylic acids is 2. The van der Waals surface area contributed by atoms with Crippen LogP contribution in [0.15, 0.2) is 36.4 Å². The van der Waals surface area contributed by atoms with E-state index < -0.39 is 17.5 Å². The van der Waals surface area contributed by atoms with E-state index in [1.165, 1.54) is 4.90 Å². The van der Waals surface area contributed by atoms with E-state index in [2.05, 4.69) is 5.32 Å². The van der Waals surface area contributed by atoms with Gasteiger partial charge in [-0.05, 0) is 62.1 Å². The Kier molecular flexibility index (Phi) is 7.63. The lowest BCUT2D eigenvalue weighted by Gasteiger charge is -2.23. The molecular weight excluding hydrogens is 414 g/mol. The van der Waals surface area contributed by atoms with Crippen LogP contribution in [0, 0.1) is 11.6 Å². The van der Waals surface area contributed by atoms with Crippen LogP contribution in [0.2, 0.25) is 5.02 Å². The minimum atomic E-state index is -0.744. The van der Waals surface area contributed by atoms with Crippen molar-refractivity contribution < 1.29 is 23.1 Å². The lowest BCUT2D eigenvalue weighted by Crippen LogP contribution is -2.34. The number of amides is 2. The van der Waals surface area contributed by atoms with Gasteiger partial charge in [0.1, 0.15) is 17.4 Å². The number of hydrogen-bond acceptors (Lipinski definition) is 3. The Morgan fingerprint density at radius 1 is 1.03 bits per heavy atom. The summed E-state index contributed by atoms with van der Waals surface area (Å²) in [6.07, 6.45) is 2.48. The van der Waals surface area contributed by atoms with Crippen molar-refractivity contribution >= 4 is 23.4 Å². The van der Waals surface area contributed by atoms with Crippen LogP contribution in [-0.4, -0.2) is 43.0 Å². The normalized spacial score (nSPS) is 16.1. The van der Waals surface area contributed by atoms with Gasteiger partial charge in [0, 0.05) is 24.7 Å². The Labute approximate surface area is 179 Å². The van der Waals surface area contributed by atoms with Gasteiger partial charge in [0.15, 0.2) is 0 Å². The predicted octanol–water partition coefficient (Wildman–Crippen LogP) is 4.44. The molecule has 5 nitrogen and oxygen atoms in total. The molecule has 0 atom stereocenters. The van der Waals surface area contributed by atoms with Gasteiger partial charge in [-0.2, -0.15) is 0 Å². The van der Waals surface area contributed by atoms with Gasteiger partial charge in [-0.3, -0.25) is 9.59 Å². The van der Waals surface area contributed by atoms with E-state index in [4.69, 9.17) is 16.3 Å². The third kappa shape index (κ3) is 5.69. The van der Waals surface area contributed by atoms with E-state index >= 15 is 0 Å². The molecule has 0 saturated heterocycles. The van der Waals surface area contributed by atoms with Gasteiger partial charge in [0.25, 0.3) is 11.8 Å². The molecule has 0 bridgehead atoms. The van der Waals surface area contributed by atoms with E-state index in [0.29, 0.717) is 68.3 Å². The molecule has 0 radical (unpaired) electrons. The van der Waals surface area contributed by atoms with Crippen molar-refractivity contribution in [1.82, 2.24) is 10.2 Å². The molecule has 0 spiro atoms. The summed E-state index contributed by atoms with van der Waals surface area (Å²) in [5, 5.41) is 3.27. The van der Waals surface area contributed by atoms with E-state index in [9.17, 15) is 18.4 Å². The average molecular weight is 437 g/mol. The minimum absolute atomic E-state index is 0.272. The van der Waals surface area contributed by atoms with Gasteiger partial charge >= 0.3 is 0 Å². The van der Waals surface area contributed by atoms with Gasteiger partial charge in [0.05, 0.1) is 17.7 Å². The Balaban J connectivity index is 1.70. The zero-order valence-corrected chi connectivity index (χ0v) is 17.2. The fraction of sp³-hybridized carbons (Fsp3) is 0.364. The summed E-state index contributed by atoms with van der Waals surface area (Å²) in [6, 6.07) is 7.76. The van der Waals surface area contributed by atoms with Crippen LogP contribution in [0.4, 0.5) is 8.78 Å². The van der Waals surface area contributed by atoms with Crippen LogP contribution >= 0.6 is 11.6 Å². The van der Waals surface area contributed by atoms with Crippen LogP contribution in [-0.2, 0) is 0 Å². The standard InChI is InChI=1S/C22H23ClF2N2O3/c23-15-5-8-20-18(13-15)21(28)26-9-1-2-10-27(11-3-4-12-30-20)22(29)17-14-16(24)6-7-19(17)25/h5-8,13-14H,1-4,9-12H2,(H,26,28). The molecule has 2 aromatic rings. The molecule has 1 heterocycles. The van der Waals surface area contributed by atoms with E-state index in [0.717, 1.165) is 18.2 Å². The monoisotopic (exact) mass is 436 g/mol. The first-order chi connectivity index (χ1) is 14.5. The fourth-order valence-electron chi connectivity index (χ4n) is 3.26. The number of nitrogens with one attached hydrogen (secondary N) is 1. The highest BCUT2D eigenvalue weighted by molar-refractivity contribution is 6.31. The molecule has 0 saturated carbocycles. The third-order valence-corrected chi connectivity index (χ3v) is 5.09.